The zero-order valence-electron chi connectivity index (χ0n) is 11.5. The van der Waals surface area contributed by atoms with Gasteiger partial charge in [-0.2, -0.15) is 0 Å². The van der Waals surface area contributed by atoms with Crippen LogP contribution in [0.5, 0.6) is 0 Å². The average molecular weight is 258 g/mol. The van der Waals surface area contributed by atoms with Crippen molar-refractivity contribution in [1.82, 2.24) is 14.3 Å². The first-order chi connectivity index (χ1) is 9.26. The van der Waals surface area contributed by atoms with Crippen LogP contribution in [0.3, 0.4) is 0 Å². The van der Waals surface area contributed by atoms with Crippen LogP contribution in [0, 0.1) is 5.92 Å². The van der Waals surface area contributed by atoms with Crippen LogP contribution in [0.2, 0.25) is 0 Å². The number of nitrogens with two attached hydrogens (primary N) is 1. The van der Waals surface area contributed by atoms with Gasteiger partial charge in [0.2, 0.25) is 0 Å². The smallest absolute Gasteiger partial charge is 0.113 e. The van der Waals surface area contributed by atoms with Crippen molar-refractivity contribution in [3.8, 4) is 0 Å². The number of aromatic nitrogens is 2. The summed E-state index contributed by atoms with van der Waals surface area (Å²) in [6.45, 7) is 5.87. The van der Waals surface area contributed by atoms with E-state index < -0.39 is 0 Å². The lowest BCUT2D eigenvalue weighted by atomic mass is 9.94. The molecule has 3 heterocycles. The van der Waals surface area contributed by atoms with Gasteiger partial charge >= 0.3 is 0 Å². The largest absolute Gasteiger partial charge is 0.399 e. The maximum absolute atomic E-state index is 5.81. The van der Waals surface area contributed by atoms with Crippen molar-refractivity contribution in [3.63, 3.8) is 0 Å². The highest BCUT2D eigenvalue weighted by Gasteiger charge is 2.20. The molecule has 1 aliphatic rings. The van der Waals surface area contributed by atoms with Crippen LogP contribution in [-0.2, 0) is 6.42 Å². The molecule has 0 aromatic carbocycles. The predicted molar refractivity (Wildman–Crippen MR) is 78.1 cm³/mol. The molecule has 102 valence electrons. The maximum Gasteiger partial charge on any atom is 0.113 e. The molecule has 3 rings (SSSR count). The highest BCUT2D eigenvalue weighted by Crippen LogP contribution is 2.21. The summed E-state index contributed by atoms with van der Waals surface area (Å²) in [6, 6.07) is 3.92. The number of anilines is 1. The van der Waals surface area contributed by atoms with Gasteiger partial charge in [0.1, 0.15) is 5.82 Å². The highest BCUT2D eigenvalue weighted by atomic mass is 15.1. The Balaban J connectivity index is 1.77. The third kappa shape index (κ3) is 2.59. The van der Waals surface area contributed by atoms with E-state index in [4.69, 9.17) is 5.73 Å². The number of rotatable bonds is 3. The molecule has 0 aliphatic carbocycles. The third-order valence-electron chi connectivity index (χ3n) is 4.15. The number of piperidine rings is 1. The van der Waals surface area contributed by atoms with Crippen LogP contribution in [0.1, 0.15) is 25.6 Å². The number of hydrogen-bond donors (Lipinski definition) is 1. The highest BCUT2D eigenvalue weighted by molar-refractivity contribution is 5.55. The molecule has 2 aromatic heterocycles. The monoisotopic (exact) mass is 258 g/mol. The van der Waals surface area contributed by atoms with E-state index in [0.717, 1.165) is 35.9 Å². The lowest BCUT2D eigenvalue weighted by molar-refractivity contribution is 0.180. The zero-order chi connectivity index (χ0) is 13.2. The van der Waals surface area contributed by atoms with Crippen LogP contribution in [0.25, 0.3) is 5.52 Å². The van der Waals surface area contributed by atoms with E-state index in [2.05, 4.69) is 21.2 Å². The van der Waals surface area contributed by atoms with Gasteiger partial charge in [-0.15, -0.1) is 0 Å². The molecule has 0 amide bonds. The van der Waals surface area contributed by atoms with Gasteiger partial charge in [-0.3, -0.25) is 0 Å². The molecule has 4 heteroatoms. The first kappa shape index (κ1) is 12.5. The summed E-state index contributed by atoms with van der Waals surface area (Å²) >= 11 is 0. The number of fused-ring (bicyclic) bond motifs is 1. The molecule has 1 unspecified atom stereocenters. The zero-order valence-corrected chi connectivity index (χ0v) is 11.5. The summed E-state index contributed by atoms with van der Waals surface area (Å²) in [5, 5.41) is 0. The molecular weight excluding hydrogens is 236 g/mol. The number of likely N-dealkylation sites (tertiary alicyclic amines) is 1. The summed E-state index contributed by atoms with van der Waals surface area (Å²) < 4.78 is 2.17. The Morgan fingerprint density at radius 3 is 3.21 bits per heavy atom. The Morgan fingerprint density at radius 2 is 2.37 bits per heavy atom. The summed E-state index contributed by atoms with van der Waals surface area (Å²) in [5.74, 6) is 1.90. The molecule has 1 saturated heterocycles. The van der Waals surface area contributed by atoms with Crippen LogP contribution in [0.15, 0.2) is 24.5 Å². The van der Waals surface area contributed by atoms with Crippen molar-refractivity contribution in [2.75, 3.05) is 25.4 Å². The summed E-state index contributed by atoms with van der Waals surface area (Å²) in [7, 11) is 0. The fourth-order valence-corrected chi connectivity index (χ4v) is 3.09. The summed E-state index contributed by atoms with van der Waals surface area (Å²) in [6.07, 6.45) is 7.66. The minimum atomic E-state index is 0.733. The fourth-order valence-electron chi connectivity index (χ4n) is 3.09. The Kier molecular flexibility index (Phi) is 3.42. The average Bonchev–Trinajstić information content (AvgIpc) is 2.81. The van der Waals surface area contributed by atoms with Crippen molar-refractivity contribution < 1.29 is 0 Å². The van der Waals surface area contributed by atoms with Crippen molar-refractivity contribution in [1.29, 1.82) is 0 Å². The second-order valence-corrected chi connectivity index (χ2v) is 5.53. The molecule has 4 nitrogen and oxygen atoms in total. The SMILES string of the molecule is CCN1CCCC(Cc2ncc3cc(N)ccn23)C1. The molecule has 19 heavy (non-hydrogen) atoms. The topological polar surface area (TPSA) is 46.6 Å². The lowest BCUT2D eigenvalue weighted by Crippen LogP contribution is -2.36. The second kappa shape index (κ2) is 5.21. The van der Waals surface area contributed by atoms with Crippen molar-refractivity contribution in [2.45, 2.75) is 26.2 Å². The van der Waals surface area contributed by atoms with E-state index in [0.29, 0.717) is 0 Å². The Hall–Kier alpha value is -1.55. The molecule has 0 spiro atoms. The van der Waals surface area contributed by atoms with Crippen LogP contribution in [-0.4, -0.2) is 33.9 Å². The van der Waals surface area contributed by atoms with Crippen LogP contribution < -0.4 is 5.73 Å². The number of pyridine rings is 1. The molecule has 2 aromatic rings. The van der Waals surface area contributed by atoms with Gasteiger partial charge in [-0.05, 0) is 44.0 Å². The molecule has 2 N–H and O–H groups in total. The maximum atomic E-state index is 5.81. The molecule has 1 atom stereocenters. The predicted octanol–water partition coefficient (Wildman–Crippen LogP) is 2.19. The number of hydrogen-bond acceptors (Lipinski definition) is 3. The Morgan fingerprint density at radius 1 is 1.47 bits per heavy atom. The molecule has 1 fully saturated rings. The van der Waals surface area contributed by atoms with Crippen LogP contribution in [0.4, 0.5) is 5.69 Å². The first-order valence-corrected chi connectivity index (χ1v) is 7.20. The van der Waals surface area contributed by atoms with Crippen molar-refractivity contribution in [2.24, 2.45) is 5.92 Å². The number of nitrogen functional groups attached to an aromatic ring is 1. The quantitative estimate of drug-likeness (QED) is 0.918. The van der Waals surface area contributed by atoms with Gasteiger partial charge in [0.15, 0.2) is 0 Å². The lowest BCUT2D eigenvalue weighted by Gasteiger charge is -2.31. The van der Waals surface area contributed by atoms with E-state index in [9.17, 15) is 0 Å². The van der Waals surface area contributed by atoms with E-state index in [1.807, 2.05) is 24.5 Å². The van der Waals surface area contributed by atoms with Gasteiger partial charge in [-0.1, -0.05) is 6.92 Å². The molecule has 0 radical (unpaired) electrons. The van der Waals surface area contributed by atoms with Gasteiger partial charge in [-0.25, -0.2) is 4.98 Å². The summed E-state index contributed by atoms with van der Waals surface area (Å²) in [4.78, 5) is 7.11. The Bertz CT molecular complexity index is 560. The third-order valence-corrected chi connectivity index (χ3v) is 4.15. The van der Waals surface area contributed by atoms with E-state index >= 15 is 0 Å². The van der Waals surface area contributed by atoms with Gasteiger partial charge in [0.25, 0.3) is 0 Å². The fraction of sp³-hybridized carbons (Fsp3) is 0.533. The normalized spacial score (nSPS) is 21.0. The minimum absolute atomic E-state index is 0.733. The van der Waals surface area contributed by atoms with Crippen LogP contribution >= 0.6 is 0 Å². The number of nitrogens with zero attached hydrogens (tertiary/aromatic N) is 3. The molecule has 1 aliphatic heterocycles. The first-order valence-electron chi connectivity index (χ1n) is 7.20. The molecule has 0 saturated carbocycles. The van der Waals surface area contributed by atoms with E-state index in [1.54, 1.807) is 0 Å². The molecular formula is C15H22N4. The van der Waals surface area contributed by atoms with E-state index in [1.165, 1.54) is 25.9 Å². The van der Waals surface area contributed by atoms with Gasteiger partial charge in [0, 0.05) is 24.8 Å². The van der Waals surface area contributed by atoms with Gasteiger partial charge in [0.05, 0.1) is 11.7 Å². The summed E-state index contributed by atoms with van der Waals surface area (Å²) in [5.41, 5.74) is 7.70. The number of imidazole rings is 1. The molecule has 0 bridgehead atoms. The Labute approximate surface area is 114 Å². The standard InChI is InChI=1S/C15H22N4/c1-2-18-6-3-4-12(11-18)8-15-17-10-14-9-13(16)5-7-19(14)15/h5,7,9-10,12H,2-4,6,8,11,16H2,1H3. The second-order valence-electron chi connectivity index (χ2n) is 5.53. The van der Waals surface area contributed by atoms with E-state index in [-0.39, 0.29) is 0 Å². The van der Waals surface area contributed by atoms with Crippen molar-refractivity contribution >= 4 is 11.2 Å². The minimum Gasteiger partial charge on any atom is -0.399 e. The van der Waals surface area contributed by atoms with Crippen molar-refractivity contribution in [3.05, 3.63) is 30.4 Å². The van der Waals surface area contributed by atoms with Gasteiger partial charge < -0.3 is 15.0 Å².